The molecule has 1 aromatic carbocycles. The number of carbonyl (C=O) groups excluding carboxylic acids is 1. The molecule has 1 saturated carbocycles. The number of nitrogens with zero attached hydrogens (tertiary/aromatic N) is 1. The van der Waals surface area contributed by atoms with Crippen molar-refractivity contribution >= 4 is 23.4 Å². The van der Waals surface area contributed by atoms with E-state index in [0.717, 1.165) is 31.0 Å². The Kier molecular flexibility index (Phi) is 3.75. The molecule has 1 fully saturated rings. The lowest BCUT2D eigenvalue weighted by molar-refractivity contribution is -0.385. The topological polar surface area (TPSA) is 72.2 Å². The largest absolute Gasteiger partial charge is 0.350 e. The van der Waals surface area contributed by atoms with Gasteiger partial charge < -0.3 is 5.32 Å². The molecule has 19 heavy (non-hydrogen) atoms. The Morgan fingerprint density at radius 3 is 2.79 bits per heavy atom. The number of halogens is 1. The third-order valence-corrected chi connectivity index (χ3v) is 4.63. The van der Waals surface area contributed by atoms with Crippen molar-refractivity contribution in [1.29, 1.82) is 0 Å². The Morgan fingerprint density at radius 1 is 1.58 bits per heavy atom. The second kappa shape index (κ2) is 5.16. The Bertz CT molecular complexity index is 532. The third kappa shape index (κ3) is 3.04. The fourth-order valence-corrected chi connectivity index (χ4v) is 2.51. The van der Waals surface area contributed by atoms with Gasteiger partial charge in [-0.05, 0) is 31.2 Å². The summed E-state index contributed by atoms with van der Waals surface area (Å²) in [5.74, 6) is -1.27. The van der Waals surface area contributed by atoms with Crippen LogP contribution < -0.4 is 5.32 Å². The first kappa shape index (κ1) is 13.8. The first-order valence-electron chi connectivity index (χ1n) is 5.75. The number of benzene rings is 1. The van der Waals surface area contributed by atoms with Gasteiger partial charge in [0.15, 0.2) is 0 Å². The predicted molar refractivity (Wildman–Crippen MR) is 70.9 cm³/mol. The first-order chi connectivity index (χ1) is 8.97. The van der Waals surface area contributed by atoms with Crippen molar-refractivity contribution in [2.45, 2.75) is 17.6 Å². The van der Waals surface area contributed by atoms with Gasteiger partial charge in [-0.3, -0.25) is 14.9 Å². The Labute approximate surface area is 113 Å². The Balaban J connectivity index is 2.14. The van der Waals surface area contributed by atoms with Crippen molar-refractivity contribution < 1.29 is 14.1 Å². The molecule has 0 spiro atoms. The van der Waals surface area contributed by atoms with Crippen LogP contribution in [0.3, 0.4) is 0 Å². The summed E-state index contributed by atoms with van der Waals surface area (Å²) >= 11 is 1.67. The summed E-state index contributed by atoms with van der Waals surface area (Å²) in [6, 6.07) is 2.87. The second-order valence-corrected chi connectivity index (χ2v) is 5.76. The quantitative estimate of drug-likeness (QED) is 0.665. The molecule has 0 saturated heterocycles. The molecular formula is C12H13FN2O3S. The molecule has 0 aliphatic heterocycles. The Morgan fingerprint density at radius 2 is 2.26 bits per heavy atom. The highest BCUT2D eigenvalue weighted by Crippen LogP contribution is 2.46. The van der Waals surface area contributed by atoms with Gasteiger partial charge in [-0.1, -0.05) is 0 Å². The van der Waals surface area contributed by atoms with E-state index < -0.39 is 16.6 Å². The van der Waals surface area contributed by atoms with Crippen LogP contribution in [0.15, 0.2) is 18.2 Å². The van der Waals surface area contributed by atoms with E-state index in [9.17, 15) is 19.3 Å². The average molecular weight is 284 g/mol. The maximum Gasteiger partial charge on any atom is 0.282 e. The maximum absolute atomic E-state index is 13.1. The molecule has 7 heteroatoms. The maximum atomic E-state index is 13.1. The molecule has 0 atom stereocenters. The van der Waals surface area contributed by atoms with Crippen LogP contribution in [0.25, 0.3) is 0 Å². The zero-order valence-electron chi connectivity index (χ0n) is 10.3. The lowest BCUT2D eigenvalue weighted by atomic mass is 10.1. The lowest BCUT2D eigenvalue weighted by Crippen LogP contribution is -2.32. The summed E-state index contributed by atoms with van der Waals surface area (Å²) in [5, 5.41) is 13.5. The molecule has 0 aromatic heterocycles. The molecule has 0 heterocycles. The van der Waals surface area contributed by atoms with Crippen LogP contribution in [-0.4, -0.2) is 28.4 Å². The van der Waals surface area contributed by atoms with Gasteiger partial charge in [-0.15, -0.1) is 0 Å². The summed E-state index contributed by atoms with van der Waals surface area (Å²) in [5.41, 5.74) is -0.616. The normalized spacial score (nSPS) is 15.9. The van der Waals surface area contributed by atoms with Gasteiger partial charge in [0.05, 0.1) is 4.92 Å². The fraction of sp³-hybridized carbons (Fsp3) is 0.417. The number of rotatable bonds is 5. The van der Waals surface area contributed by atoms with Crippen molar-refractivity contribution in [1.82, 2.24) is 5.32 Å². The summed E-state index contributed by atoms with van der Waals surface area (Å²) in [6.07, 6.45) is 3.99. The molecule has 0 bridgehead atoms. The zero-order valence-corrected chi connectivity index (χ0v) is 11.1. The minimum Gasteiger partial charge on any atom is -0.350 e. The van der Waals surface area contributed by atoms with E-state index in [2.05, 4.69) is 5.32 Å². The highest BCUT2D eigenvalue weighted by molar-refractivity contribution is 8.00. The number of nitrogens with one attached hydrogen (secondary N) is 1. The van der Waals surface area contributed by atoms with Gasteiger partial charge in [0.2, 0.25) is 0 Å². The first-order valence-corrected chi connectivity index (χ1v) is 6.97. The average Bonchev–Trinajstić information content (AvgIpc) is 3.16. The van der Waals surface area contributed by atoms with Crippen molar-refractivity contribution in [2.24, 2.45) is 0 Å². The van der Waals surface area contributed by atoms with Crippen LogP contribution in [0, 0.1) is 15.9 Å². The third-order valence-electron chi connectivity index (χ3n) is 3.21. The molecule has 1 amide bonds. The molecule has 2 rings (SSSR count). The highest BCUT2D eigenvalue weighted by atomic mass is 32.2. The number of hydrogen-bond acceptors (Lipinski definition) is 4. The predicted octanol–water partition coefficient (Wildman–Crippen LogP) is 2.36. The lowest BCUT2D eigenvalue weighted by Gasteiger charge is -2.13. The molecule has 0 unspecified atom stereocenters. The van der Waals surface area contributed by atoms with E-state index in [4.69, 9.17) is 0 Å². The van der Waals surface area contributed by atoms with Crippen LogP contribution in [0.1, 0.15) is 23.2 Å². The molecule has 1 aliphatic rings. The van der Waals surface area contributed by atoms with Gasteiger partial charge in [0, 0.05) is 17.4 Å². The van der Waals surface area contributed by atoms with Crippen LogP contribution in [-0.2, 0) is 0 Å². The molecule has 1 aliphatic carbocycles. The van der Waals surface area contributed by atoms with Crippen LogP contribution in [0.2, 0.25) is 0 Å². The summed E-state index contributed by atoms with van der Waals surface area (Å²) in [4.78, 5) is 22.0. The van der Waals surface area contributed by atoms with E-state index in [1.165, 1.54) is 0 Å². The smallest absolute Gasteiger partial charge is 0.282 e. The standard InChI is InChI=1S/C12H13FN2O3S/c1-19-12(4-5-12)7-14-11(16)9-6-8(13)2-3-10(9)15(17)18/h2-3,6H,4-5,7H2,1H3,(H,14,16). The van der Waals surface area contributed by atoms with Gasteiger partial charge in [-0.25, -0.2) is 4.39 Å². The van der Waals surface area contributed by atoms with E-state index >= 15 is 0 Å². The summed E-state index contributed by atoms with van der Waals surface area (Å²) in [6.45, 7) is 0.445. The number of amides is 1. The zero-order chi connectivity index (χ0) is 14.0. The van der Waals surface area contributed by atoms with E-state index in [1.807, 2.05) is 6.26 Å². The van der Waals surface area contributed by atoms with Crippen molar-refractivity contribution in [2.75, 3.05) is 12.8 Å². The van der Waals surface area contributed by atoms with E-state index in [1.54, 1.807) is 11.8 Å². The molecule has 0 radical (unpaired) electrons. The van der Waals surface area contributed by atoms with Crippen LogP contribution >= 0.6 is 11.8 Å². The molecular weight excluding hydrogens is 271 g/mol. The van der Waals surface area contributed by atoms with Gasteiger partial charge in [0.25, 0.3) is 11.6 Å². The summed E-state index contributed by atoms with van der Waals surface area (Å²) < 4.78 is 13.2. The number of nitro benzene ring substituents is 1. The molecule has 1 N–H and O–H groups in total. The minimum atomic E-state index is -0.685. The number of hydrogen-bond donors (Lipinski definition) is 1. The van der Waals surface area contributed by atoms with Crippen molar-refractivity contribution in [3.8, 4) is 0 Å². The molecule has 1 aromatic rings. The molecule has 5 nitrogen and oxygen atoms in total. The Hall–Kier alpha value is -1.63. The highest BCUT2D eigenvalue weighted by Gasteiger charge is 2.42. The van der Waals surface area contributed by atoms with Crippen molar-refractivity contribution in [3.63, 3.8) is 0 Å². The van der Waals surface area contributed by atoms with Crippen molar-refractivity contribution in [3.05, 3.63) is 39.7 Å². The van der Waals surface area contributed by atoms with E-state index in [-0.39, 0.29) is 16.0 Å². The SMILES string of the molecule is CSC1(CNC(=O)c2cc(F)ccc2[N+](=O)[O-])CC1. The van der Waals surface area contributed by atoms with Gasteiger partial charge in [0.1, 0.15) is 11.4 Å². The number of carbonyl (C=O) groups is 1. The van der Waals surface area contributed by atoms with Gasteiger partial charge >= 0.3 is 0 Å². The number of nitro groups is 1. The summed E-state index contributed by atoms with van der Waals surface area (Å²) in [7, 11) is 0. The monoisotopic (exact) mass is 284 g/mol. The van der Waals surface area contributed by atoms with E-state index in [0.29, 0.717) is 6.54 Å². The van der Waals surface area contributed by atoms with Crippen LogP contribution in [0.4, 0.5) is 10.1 Å². The fourth-order valence-electron chi connectivity index (χ4n) is 1.78. The molecule has 102 valence electrons. The number of thioether (sulfide) groups is 1. The van der Waals surface area contributed by atoms with Gasteiger partial charge in [-0.2, -0.15) is 11.8 Å². The second-order valence-electron chi connectivity index (χ2n) is 4.49. The minimum absolute atomic E-state index is 0.0533. The van der Waals surface area contributed by atoms with Crippen LogP contribution in [0.5, 0.6) is 0 Å².